The van der Waals surface area contributed by atoms with Gasteiger partial charge in [0.2, 0.25) is 5.91 Å². The standard InChI is InChI=1S/C16H18N2O2S/c1-10(19)17-15-18-14(20)13(21-15)9-11-5-7-12(8-6-11)16(2,3)4/h5-9H,1-4H3,(H,17,18,19,20)/b13-9+. The summed E-state index contributed by atoms with van der Waals surface area (Å²) in [7, 11) is 0. The molecule has 0 fully saturated rings. The number of nitrogens with one attached hydrogen (secondary N) is 1. The van der Waals surface area contributed by atoms with Crippen LogP contribution in [0.4, 0.5) is 0 Å². The molecule has 2 amide bonds. The van der Waals surface area contributed by atoms with Gasteiger partial charge in [-0.05, 0) is 34.4 Å². The van der Waals surface area contributed by atoms with Crippen LogP contribution in [-0.2, 0) is 15.0 Å². The third-order valence-corrected chi connectivity index (χ3v) is 3.88. The number of amidine groups is 1. The van der Waals surface area contributed by atoms with Crippen LogP contribution in [0.5, 0.6) is 0 Å². The fourth-order valence-electron chi connectivity index (χ4n) is 1.84. The van der Waals surface area contributed by atoms with Crippen molar-refractivity contribution in [2.24, 2.45) is 4.99 Å². The normalized spacial score (nSPS) is 17.0. The first-order valence-corrected chi connectivity index (χ1v) is 7.48. The van der Waals surface area contributed by atoms with Gasteiger partial charge >= 0.3 is 0 Å². The second-order valence-electron chi connectivity index (χ2n) is 5.89. The summed E-state index contributed by atoms with van der Waals surface area (Å²) in [5, 5.41) is 2.87. The van der Waals surface area contributed by atoms with Gasteiger partial charge in [-0.2, -0.15) is 4.99 Å². The molecule has 0 radical (unpaired) electrons. The zero-order chi connectivity index (χ0) is 15.6. The number of hydrogen-bond donors (Lipinski definition) is 1. The number of thioether (sulfide) groups is 1. The predicted molar refractivity (Wildman–Crippen MR) is 87.0 cm³/mol. The Bertz CT molecular complexity index is 637. The molecule has 1 N–H and O–H groups in total. The molecule has 4 nitrogen and oxygen atoms in total. The molecule has 1 aliphatic heterocycles. The van der Waals surface area contributed by atoms with E-state index in [1.807, 2.05) is 12.1 Å². The van der Waals surface area contributed by atoms with Gasteiger partial charge in [0.1, 0.15) is 0 Å². The molecule has 0 bridgehead atoms. The summed E-state index contributed by atoms with van der Waals surface area (Å²) in [5.41, 5.74) is 2.29. The highest BCUT2D eigenvalue weighted by Gasteiger charge is 2.22. The average Bonchev–Trinajstić information content (AvgIpc) is 2.68. The molecule has 1 aromatic rings. The summed E-state index contributed by atoms with van der Waals surface area (Å²) in [6, 6.07) is 8.09. The lowest BCUT2D eigenvalue weighted by Crippen LogP contribution is -2.23. The maximum absolute atomic E-state index is 11.8. The maximum atomic E-state index is 11.8. The lowest BCUT2D eigenvalue weighted by molar-refractivity contribution is -0.117. The second kappa shape index (κ2) is 5.85. The zero-order valence-corrected chi connectivity index (χ0v) is 13.4. The molecular weight excluding hydrogens is 284 g/mol. The fraction of sp³-hybridized carbons (Fsp3) is 0.312. The van der Waals surface area contributed by atoms with Crippen LogP contribution in [0.15, 0.2) is 34.2 Å². The number of carbonyl (C=O) groups excluding carboxylic acids is 2. The molecule has 110 valence electrons. The molecule has 0 aliphatic carbocycles. The van der Waals surface area contributed by atoms with Crippen molar-refractivity contribution in [3.63, 3.8) is 0 Å². The van der Waals surface area contributed by atoms with Crippen LogP contribution in [0, 0.1) is 0 Å². The first-order chi connectivity index (χ1) is 9.75. The van der Waals surface area contributed by atoms with E-state index in [2.05, 4.69) is 43.2 Å². The lowest BCUT2D eigenvalue weighted by atomic mass is 9.87. The van der Waals surface area contributed by atoms with Crippen LogP contribution in [0.3, 0.4) is 0 Å². The van der Waals surface area contributed by atoms with Crippen LogP contribution < -0.4 is 5.32 Å². The highest BCUT2D eigenvalue weighted by atomic mass is 32.2. The SMILES string of the molecule is CC(=O)NC1=NC(=O)/C(=C\c2ccc(C(C)(C)C)cc2)S1. The van der Waals surface area contributed by atoms with E-state index in [1.165, 1.54) is 24.2 Å². The molecule has 21 heavy (non-hydrogen) atoms. The molecule has 1 heterocycles. The van der Waals surface area contributed by atoms with Crippen LogP contribution in [0.2, 0.25) is 0 Å². The lowest BCUT2D eigenvalue weighted by Gasteiger charge is -2.18. The van der Waals surface area contributed by atoms with Crippen molar-refractivity contribution in [3.05, 3.63) is 40.3 Å². The Labute approximate surface area is 128 Å². The zero-order valence-electron chi connectivity index (χ0n) is 12.6. The van der Waals surface area contributed by atoms with Crippen molar-refractivity contribution in [2.75, 3.05) is 0 Å². The topological polar surface area (TPSA) is 58.5 Å². The van der Waals surface area contributed by atoms with Gasteiger partial charge in [-0.15, -0.1) is 0 Å². The van der Waals surface area contributed by atoms with Gasteiger partial charge in [0.05, 0.1) is 4.91 Å². The first kappa shape index (κ1) is 15.5. The Hall–Kier alpha value is -1.88. The molecular formula is C16H18N2O2S. The number of benzene rings is 1. The van der Waals surface area contributed by atoms with Gasteiger partial charge in [-0.25, -0.2) is 0 Å². The van der Waals surface area contributed by atoms with E-state index in [-0.39, 0.29) is 17.2 Å². The predicted octanol–water partition coefficient (Wildman–Crippen LogP) is 3.09. The third kappa shape index (κ3) is 4.04. The van der Waals surface area contributed by atoms with Crippen molar-refractivity contribution in [2.45, 2.75) is 33.1 Å². The summed E-state index contributed by atoms with van der Waals surface area (Å²) in [5.74, 6) is -0.548. The molecule has 5 heteroatoms. The molecule has 0 atom stereocenters. The third-order valence-electron chi connectivity index (χ3n) is 2.98. The minimum Gasteiger partial charge on any atom is -0.305 e. The van der Waals surface area contributed by atoms with E-state index in [9.17, 15) is 9.59 Å². The van der Waals surface area contributed by atoms with E-state index in [0.29, 0.717) is 10.1 Å². The summed E-state index contributed by atoms with van der Waals surface area (Å²) < 4.78 is 0. The van der Waals surface area contributed by atoms with Crippen LogP contribution in [0.25, 0.3) is 6.08 Å². The van der Waals surface area contributed by atoms with Gasteiger partial charge in [-0.1, -0.05) is 45.0 Å². The van der Waals surface area contributed by atoms with E-state index >= 15 is 0 Å². The van der Waals surface area contributed by atoms with Gasteiger partial charge in [-0.3, -0.25) is 9.59 Å². The summed E-state index contributed by atoms with van der Waals surface area (Å²) in [6.07, 6.45) is 1.79. The van der Waals surface area contributed by atoms with E-state index < -0.39 is 0 Å². The first-order valence-electron chi connectivity index (χ1n) is 6.66. The average molecular weight is 302 g/mol. The Morgan fingerprint density at radius 3 is 2.38 bits per heavy atom. The summed E-state index contributed by atoms with van der Waals surface area (Å²) >= 11 is 1.18. The molecule has 1 aliphatic rings. The highest BCUT2D eigenvalue weighted by Crippen LogP contribution is 2.28. The van der Waals surface area contributed by atoms with Gasteiger partial charge in [0.15, 0.2) is 5.17 Å². The molecule has 0 aromatic heterocycles. The van der Waals surface area contributed by atoms with E-state index in [4.69, 9.17) is 0 Å². The minimum atomic E-state index is -0.316. The van der Waals surface area contributed by atoms with Gasteiger partial charge in [0, 0.05) is 6.92 Å². The van der Waals surface area contributed by atoms with Crippen LogP contribution in [-0.4, -0.2) is 17.0 Å². The fourth-order valence-corrected chi connectivity index (χ4v) is 2.70. The van der Waals surface area contributed by atoms with Gasteiger partial charge in [0.25, 0.3) is 5.91 Å². The van der Waals surface area contributed by atoms with Crippen molar-refractivity contribution >= 4 is 34.8 Å². The van der Waals surface area contributed by atoms with E-state index in [0.717, 1.165) is 5.56 Å². The van der Waals surface area contributed by atoms with Crippen molar-refractivity contribution in [1.82, 2.24) is 5.32 Å². The Kier molecular flexibility index (Phi) is 4.32. The quantitative estimate of drug-likeness (QED) is 0.811. The minimum absolute atomic E-state index is 0.102. The van der Waals surface area contributed by atoms with Crippen molar-refractivity contribution in [3.8, 4) is 0 Å². The molecule has 0 spiro atoms. The van der Waals surface area contributed by atoms with Gasteiger partial charge < -0.3 is 5.32 Å². The van der Waals surface area contributed by atoms with Crippen molar-refractivity contribution in [1.29, 1.82) is 0 Å². The van der Waals surface area contributed by atoms with Crippen LogP contribution in [0.1, 0.15) is 38.8 Å². The molecule has 0 saturated carbocycles. The Balaban J connectivity index is 2.15. The number of nitrogens with zero attached hydrogens (tertiary/aromatic N) is 1. The Morgan fingerprint density at radius 1 is 1.24 bits per heavy atom. The number of hydrogen-bond acceptors (Lipinski definition) is 3. The Morgan fingerprint density at radius 2 is 1.86 bits per heavy atom. The number of carbonyl (C=O) groups is 2. The number of rotatable bonds is 1. The highest BCUT2D eigenvalue weighted by molar-refractivity contribution is 8.18. The summed E-state index contributed by atoms with van der Waals surface area (Å²) in [6.45, 7) is 7.86. The molecule has 1 aromatic carbocycles. The van der Waals surface area contributed by atoms with E-state index in [1.54, 1.807) is 6.08 Å². The molecule has 0 saturated heterocycles. The summed E-state index contributed by atoms with van der Waals surface area (Å²) in [4.78, 5) is 27.1. The molecule has 0 unspecified atom stereocenters. The largest absolute Gasteiger partial charge is 0.305 e. The number of aliphatic imine (C=N–C) groups is 1. The molecule has 2 rings (SSSR count). The van der Waals surface area contributed by atoms with Crippen LogP contribution >= 0.6 is 11.8 Å². The maximum Gasteiger partial charge on any atom is 0.286 e. The monoisotopic (exact) mass is 302 g/mol. The van der Waals surface area contributed by atoms with Crippen molar-refractivity contribution < 1.29 is 9.59 Å². The number of amides is 2. The smallest absolute Gasteiger partial charge is 0.286 e. The second-order valence-corrected chi connectivity index (χ2v) is 6.92.